The third-order valence-corrected chi connectivity index (χ3v) is 3.92. The smallest absolute Gasteiger partial charge is 0.186 e. The van der Waals surface area contributed by atoms with E-state index in [0.29, 0.717) is 12.4 Å². The Morgan fingerprint density at radius 1 is 1.09 bits per heavy atom. The summed E-state index contributed by atoms with van der Waals surface area (Å²) in [6.07, 6.45) is 0. The molecule has 2 aromatic carbocycles. The van der Waals surface area contributed by atoms with Gasteiger partial charge in [0.25, 0.3) is 0 Å². The van der Waals surface area contributed by atoms with E-state index >= 15 is 0 Å². The summed E-state index contributed by atoms with van der Waals surface area (Å²) in [6, 6.07) is 11.7. The zero-order chi connectivity index (χ0) is 15.4. The molecule has 0 saturated heterocycles. The molecule has 1 aromatic heterocycles. The van der Waals surface area contributed by atoms with Crippen LogP contribution in [0.5, 0.6) is 11.5 Å². The highest BCUT2D eigenvalue weighted by Gasteiger charge is 2.05. The Morgan fingerprint density at radius 3 is 2.64 bits per heavy atom. The van der Waals surface area contributed by atoms with Gasteiger partial charge in [0.2, 0.25) is 0 Å². The van der Waals surface area contributed by atoms with Crippen LogP contribution in [0.25, 0.3) is 10.2 Å². The average Bonchev–Trinajstić information content (AvgIpc) is 2.91. The Labute approximate surface area is 131 Å². The van der Waals surface area contributed by atoms with E-state index < -0.39 is 0 Å². The van der Waals surface area contributed by atoms with Crippen LogP contribution < -0.4 is 14.8 Å². The maximum atomic E-state index is 12.8. The van der Waals surface area contributed by atoms with E-state index in [2.05, 4.69) is 10.3 Å². The minimum atomic E-state index is -0.281. The molecule has 0 aliphatic heterocycles. The topological polar surface area (TPSA) is 43.4 Å². The molecule has 0 unspecified atom stereocenters. The van der Waals surface area contributed by atoms with Gasteiger partial charge in [-0.25, -0.2) is 9.37 Å². The van der Waals surface area contributed by atoms with Crippen molar-refractivity contribution in [3.05, 3.63) is 48.3 Å². The summed E-state index contributed by atoms with van der Waals surface area (Å²) >= 11 is 1.53. The van der Waals surface area contributed by atoms with E-state index in [1.54, 1.807) is 12.1 Å². The van der Waals surface area contributed by atoms with Crippen molar-refractivity contribution in [3.8, 4) is 11.5 Å². The van der Waals surface area contributed by atoms with Crippen molar-refractivity contribution in [2.75, 3.05) is 18.7 Å². The summed E-state index contributed by atoms with van der Waals surface area (Å²) in [6.45, 7) is 2.86. The van der Waals surface area contributed by atoms with Crippen molar-refractivity contribution in [2.24, 2.45) is 0 Å². The number of hydrogen-bond acceptors (Lipinski definition) is 5. The van der Waals surface area contributed by atoms with Gasteiger partial charge in [-0.1, -0.05) is 11.3 Å². The van der Waals surface area contributed by atoms with Crippen LogP contribution in [0.3, 0.4) is 0 Å². The van der Waals surface area contributed by atoms with Gasteiger partial charge < -0.3 is 14.8 Å². The second-order valence-corrected chi connectivity index (χ2v) is 5.53. The molecule has 0 radical (unpaired) electrons. The van der Waals surface area contributed by atoms with Crippen LogP contribution in [0.2, 0.25) is 0 Å². The van der Waals surface area contributed by atoms with Gasteiger partial charge in [0.15, 0.2) is 11.9 Å². The summed E-state index contributed by atoms with van der Waals surface area (Å²) in [7, 11) is 0. The normalized spacial score (nSPS) is 10.6. The summed E-state index contributed by atoms with van der Waals surface area (Å²) < 4.78 is 24.8. The van der Waals surface area contributed by atoms with Crippen LogP contribution >= 0.6 is 11.3 Å². The van der Waals surface area contributed by atoms with Crippen molar-refractivity contribution in [3.63, 3.8) is 0 Å². The molecular formula is C16H15FN2O2S. The van der Waals surface area contributed by atoms with E-state index in [4.69, 9.17) is 9.47 Å². The van der Waals surface area contributed by atoms with E-state index in [-0.39, 0.29) is 12.5 Å². The molecular weight excluding hydrogens is 303 g/mol. The molecule has 0 atom stereocenters. The Morgan fingerprint density at radius 2 is 1.86 bits per heavy atom. The number of aromatic nitrogens is 1. The van der Waals surface area contributed by atoms with E-state index in [1.165, 1.54) is 23.5 Å². The molecule has 0 aliphatic carbocycles. The number of halogens is 1. The van der Waals surface area contributed by atoms with Crippen LogP contribution in [0.1, 0.15) is 6.92 Å². The third-order valence-electron chi connectivity index (χ3n) is 2.95. The first-order valence-corrected chi connectivity index (χ1v) is 7.72. The van der Waals surface area contributed by atoms with Crippen molar-refractivity contribution in [1.29, 1.82) is 0 Å². The molecule has 3 rings (SSSR count). The maximum absolute atomic E-state index is 12.8. The van der Waals surface area contributed by atoms with E-state index in [0.717, 1.165) is 21.1 Å². The lowest BCUT2D eigenvalue weighted by atomic mass is 10.3. The Hall–Kier alpha value is -2.34. The fraction of sp³-hybridized carbons (Fsp3) is 0.188. The minimum Gasteiger partial charge on any atom is -0.494 e. The predicted octanol–water partition coefficient (Wildman–Crippen LogP) is 4.28. The molecule has 3 aromatic rings. The lowest BCUT2D eigenvalue weighted by Crippen LogP contribution is -2.08. The first-order valence-electron chi connectivity index (χ1n) is 6.90. The highest BCUT2D eigenvalue weighted by Crippen LogP contribution is 2.29. The standard InChI is InChI=1S/C16H15FN2O2S/c1-2-20-13-7-8-14-15(9-13)22-16(19-14)18-10-21-12-5-3-11(17)4-6-12/h3-9H,2,10H2,1H3,(H,18,19). The molecule has 114 valence electrons. The Kier molecular flexibility index (Phi) is 4.39. The lowest BCUT2D eigenvalue weighted by Gasteiger charge is -2.06. The van der Waals surface area contributed by atoms with Gasteiger partial charge in [0.1, 0.15) is 17.3 Å². The minimum absolute atomic E-state index is 0.268. The molecule has 0 amide bonds. The second kappa shape index (κ2) is 6.62. The van der Waals surface area contributed by atoms with Crippen molar-refractivity contribution >= 4 is 26.7 Å². The molecule has 1 N–H and O–H groups in total. The molecule has 0 fully saturated rings. The van der Waals surface area contributed by atoms with Crippen molar-refractivity contribution in [1.82, 2.24) is 4.98 Å². The van der Waals surface area contributed by atoms with Crippen LogP contribution in [-0.2, 0) is 0 Å². The van der Waals surface area contributed by atoms with Crippen LogP contribution in [-0.4, -0.2) is 18.3 Å². The number of thiazole rings is 1. The molecule has 0 bridgehead atoms. The fourth-order valence-corrected chi connectivity index (χ4v) is 2.83. The zero-order valence-electron chi connectivity index (χ0n) is 12.0. The summed E-state index contributed by atoms with van der Waals surface area (Å²) in [4.78, 5) is 4.47. The predicted molar refractivity (Wildman–Crippen MR) is 86.3 cm³/mol. The van der Waals surface area contributed by atoms with E-state index in [9.17, 15) is 4.39 Å². The van der Waals surface area contributed by atoms with Gasteiger partial charge in [-0.15, -0.1) is 0 Å². The number of fused-ring (bicyclic) bond motifs is 1. The second-order valence-electron chi connectivity index (χ2n) is 4.50. The highest BCUT2D eigenvalue weighted by atomic mass is 32.1. The van der Waals surface area contributed by atoms with Gasteiger partial charge in [-0.3, -0.25) is 0 Å². The number of hydrogen-bond donors (Lipinski definition) is 1. The van der Waals surface area contributed by atoms with Crippen molar-refractivity contribution < 1.29 is 13.9 Å². The molecule has 0 aliphatic rings. The average molecular weight is 318 g/mol. The van der Waals surface area contributed by atoms with Crippen LogP contribution in [0, 0.1) is 5.82 Å². The number of nitrogens with zero attached hydrogens (tertiary/aromatic N) is 1. The lowest BCUT2D eigenvalue weighted by molar-refractivity contribution is 0.341. The van der Waals surface area contributed by atoms with Gasteiger partial charge in [0, 0.05) is 0 Å². The van der Waals surface area contributed by atoms with Gasteiger partial charge in [-0.05, 0) is 49.4 Å². The fourth-order valence-electron chi connectivity index (χ4n) is 1.95. The monoisotopic (exact) mass is 318 g/mol. The SMILES string of the molecule is CCOc1ccc2nc(NCOc3ccc(F)cc3)sc2c1. The van der Waals surface area contributed by atoms with Crippen LogP contribution in [0.4, 0.5) is 9.52 Å². The number of nitrogens with one attached hydrogen (secondary N) is 1. The quantitative estimate of drug-likeness (QED) is 0.689. The third kappa shape index (κ3) is 3.46. The number of benzene rings is 2. The van der Waals surface area contributed by atoms with E-state index in [1.807, 2.05) is 25.1 Å². The molecule has 0 saturated carbocycles. The van der Waals surface area contributed by atoms with Gasteiger partial charge in [0.05, 0.1) is 16.8 Å². The van der Waals surface area contributed by atoms with Crippen molar-refractivity contribution in [2.45, 2.75) is 6.92 Å². The molecule has 0 spiro atoms. The molecule has 6 heteroatoms. The first-order chi connectivity index (χ1) is 10.7. The Bertz CT molecular complexity index is 758. The summed E-state index contributed by atoms with van der Waals surface area (Å²) in [5.41, 5.74) is 0.915. The first kappa shape index (κ1) is 14.6. The molecule has 22 heavy (non-hydrogen) atoms. The number of anilines is 1. The largest absolute Gasteiger partial charge is 0.494 e. The number of ether oxygens (including phenoxy) is 2. The zero-order valence-corrected chi connectivity index (χ0v) is 12.8. The van der Waals surface area contributed by atoms with Gasteiger partial charge in [-0.2, -0.15) is 0 Å². The molecule has 4 nitrogen and oxygen atoms in total. The highest BCUT2D eigenvalue weighted by molar-refractivity contribution is 7.22. The van der Waals surface area contributed by atoms with Crippen LogP contribution in [0.15, 0.2) is 42.5 Å². The molecule has 1 heterocycles. The summed E-state index contributed by atoms with van der Waals surface area (Å²) in [5.74, 6) is 1.16. The summed E-state index contributed by atoms with van der Waals surface area (Å²) in [5, 5.41) is 3.87. The number of rotatable bonds is 6. The maximum Gasteiger partial charge on any atom is 0.186 e. The van der Waals surface area contributed by atoms with Gasteiger partial charge >= 0.3 is 0 Å². The Balaban J connectivity index is 1.62.